The summed E-state index contributed by atoms with van der Waals surface area (Å²) in [6.07, 6.45) is -0.649. The Bertz CT molecular complexity index is 257. The summed E-state index contributed by atoms with van der Waals surface area (Å²) in [6.45, 7) is 2.10. The fourth-order valence-corrected chi connectivity index (χ4v) is 0.986. The predicted octanol–water partition coefficient (Wildman–Crippen LogP) is 1.13. The van der Waals surface area contributed by atoms with Crippen LogP contribution in [0.25, 0.3) is 0 Å². The second kappa shape index (κ2) is 5.47. The van der Waals surface area contributed by atoms with E-state index in [1.54, 1.807) is 12.1 Å². The van der Waals surface area contributed by atoms with Gasteiger partial charge in [0.05, 0.1) is 0 Å². The normalized spacial score (nSPS) is 12.4. The first kappa shape index (κ1) is 10.8. The van der Waals surface area contributed by atoms with E-state index in [-0.39, 0.29) is 12.4 Å². The molecule has 0 bridgehead atoms. The highest BCUT2D eigenvalue weighted by atomic mass is 16.7. The number of aromatic hydroxyl groups is 1. The number of phenolic OH excluding ortho intramolecular Hbond substituents is 1. The number of rotatable bonds is 5. The zero-order valence-corrected chi connectivity index (χ0v) is 8.01. The van der Waals surface area contributed by atoms with E-state index in [2.05, 4.69) is 0 Å². The van der Waals surface area contributed by atoms with Gasteiger partial charge in [-0.25, -0.2) is 0 Å². The van der Waals surface area contributed by atoms with E-state index in [9.17, 15) is 0 Å². The van der Waals surface area contributed by atoms with Gasteiger partial charge >= 0.3 is 0 Å². The Balaban J connectivity index is 2.53. The lowest BCUT2D eigenvalue weighted by molar-refractivity contribution is -0.103. The van der Waals surface area contributed by atoms with Gasteiger partial charge in [-0.1, -0.05) is 0 Å². The standard InChI is InChI=1S/C10H14O4/c1-2-13-10(7-11)14-9-5-3-8(12)4-6-9/h3-6,10-12H,2,7H2,1H3. The molecule has 1 atom stereocenters. The van der Waals surface area contributed by atoms with Crippen LogP contribution >= 0.6 is 0 Å². The molecule has 0 amide bonds. The number of aliphatic hydroxyl groups is 1. The van der Waals surface area contributed by atoms with Crippen molar-refractivity contribution in [1.29, 1.82) is 0 Å². The Morgan fingerprint density at radius 2 is 1.93 bits per heavy atom. The molecule has 14 heavy (non-hydrogen) atoms. The van der Waals surface area contributed by atoms with Crippen LogP contribution in [0.15, 0.2) is 24.3 Å². The van der Waals surface area contributed by atoms with E-state index in [4.69, 9.17) is 19.7 Å². The Morgan fingerprint density at radius 3 is 2.43 bits per heavy atom. The molecule has 0 aliphatic heterocycles. The highest BCUT2D eigenvalue weighted by molar-refractivity contribution is 5.30. The first-order valence-electron chi connectivity index (χ1n) is 4.44. The van der Waals surface area contributed by atoms with Crippen molar-refractivity contribution >= 4 is 0 Å². The van der Waals surface area contributed by atoms with Crippen LogP contribution in [0.5, 0.6) is 11.5 Å². The topological polar surface area (TPSA) is 58.9 Å². The lowest BCUT2D eigenvalue weighted by atomic mass is 10.3. The fraction of sp³-hybridized carbons (Fsp3) is 0.400. The molecular formula is C10H14O4. The largest absolute Gasteiger partial charge is 0.508 e. The van der Waals surface area contributed by atoms with Gasteiger partial charge in [0.25, 0.3) is 0 Å². The van der Waals surface area contributed by atoms with Gasteiger partial charge in [-0.05, 0) is 31.2 Å². The molecule has 0 heterocycles. The van der Waals surface area contributed by atoms with Crippen molar-refractivity contribution in [2.75, 3.05) is 13.2 Å². The molecule has 0 aromatic heterocycles. The minimum atomic E-state index is -0.649. The average Bonchev–Trinajstić information content (AvgIpc) is 2.20. The summed E-state index contributed by atoms with van der Waals surface area (Å²) in [4.78, 5) is 0. The van der Waals surface area contributed by atoms with Gasteiger partial charge in [-0.15, -0.1) is 0 Å². The predicted molar refractivity (Wildman–Crippen MR) is 51.2 cm³/mol. The fourth-order valence-electron chi connectivity index (χ4n) is 0.986. The molecule has 0 saturated heterocycles. The second-order valence-electron chi connectivity index (χ2n) is 2.68. The van der Waals surface area contributed by atoms with Crippen LogP contribution in [-0.2, 0) is 4.74 Å². The minimum Gasteiger partial charge on any atom is -0.508 e. The summed E-state index contributed by atoms with van der Waals surface area (Å²) >= 11 is 0. The van der Waals surface area contributed by atoms with E-state index >= 15 is 0 Å². The molecule has 4 heteroatoms. The van der Waals surface area contributed by atoms with Crippen molar-refractivity contribution in [3.05, 3.63) is 24.3 Å². The van der Waals surface area contributed by atoms with Crippen molar-refractivity contribution in [3.8, 4) is 11.5 Å². The summed E-state index contributed by atoms with van der Waals surface area (Å²) < 4.78 is 10.4. The van der Waals surface area contributed by atoms with Gasteiger partial charge in [0.1, 0.15) is 18.1 Å². The molecule has 1 aromatic rings. The molecule has 1 aromatic carbocycles. The first-order valence-corrected chi connectivity index (χ1v) is 4.44. The van der Waals surface area contributed by atoms with Crippen molar-refractivity contribution in [3.63, 3.8) is 0 Å². The van der Waals surface area contributed by atoms with E-state index in [1.807, 2.05) is 6.92 Å². The molecule has 0 aliphatic carbocycles. The molecule has 2 N–H and O–H groups in total. The SMILES string of the molecule is CCOC(CO)Oc1ccc(O)cc1. The maximum Gasteiger partial charge on any atom is 0.223 e. The summed E-state index contributed by atoms with van der Waals surface area (Å²) in [7, 11) is 0. The molecular weight excluding hydrogens is 184 g/mol. The molecule has 1 rings (SSSR count). The number of hydrogen-bond acceptors (Lipinski definition) is 4. The highest BCUT2D eigenvalue weighted by Crippen LogP contribution is 2.17. The third-order valence-electron chi connectivity index (χ3n) is 1.61. The van der Waals surface area contributed by atoms with Crippen LogP contribution in [0.2, 0.25) is 0 Å². The van der Waals surface area contributed by atoms with Gasteiger partial charge in [-0.3, -0.25) is 0 Å². The van der Waals surface area contributed by atoms with E-state index in [1.165, 1.54) is 12.1 Å². The van der Waals surface area contributed by atoms with E-state index < -0.39 is 6.29 Å². The van der Waals surface area contributed by atoms with Crippen molar-refractivity contribution in [1.82, 2.24) is 0 Å². The van der Waals surface area contributed by atoms with E-state index in [0.29, 0.717) is 12.4 Å². The van der Waals surface area contributed by atoms with Crippen LogP contribution in [-0.4, -0.2) is 29.7 Å². The molecule has 78 valence electrons. The van der Waals surface area contributed by atoms with Crippen molar-refractivity contribution in [2.45, 2.75) is 13.2 Å². The second-order valence-corrected chi connectivity index (χ2v) is 2.68. The summed E-state index contributed by atoms with van der Waals surface area (Å²) in [5, 5.41) is 17.9. The lowest BCUT2D eigenvalue weighted by Gasteiger charge is -2.16. The molecule has 0 spiro atoms. The van der Waals surface area contributed by atoms with Crippen LogP contribution < -0.4 is 4.74 Å². The molecule has 0 saturated carbocycles. The zero-order chi connectivity index (χ0) is 10.4. The number of ether oxygens (including phenoxy) is 2. The Hall–Kier alpha value is -1.26. The Kier molecular flexibility index (Phi) is 4.22. The number of benzene rings is 1. The molecule has 4 nitrogen and oxygen atoms in total. The highest BCUT2D eigenvalue weighted by Gasteiger charge is 2.07. The van der Waals surface area contributed by atoms with Gasteiger partial charge in [0.2, 0.25) is 6.29 Å². The Morgan fingerprint density at radius 1 is 1.29 bits per heavy atom. The van der Waals surface area contributed by atoms with Crippen molar-refractivity contribution in [2.24, 2.45) is 0 Å². The Labute approximate surface area is 82.7 Å². The smallest absolute Gasteiger partial charge is 0.223 e. The van der Waals surface area contributed by atoms with E-state index in [0.717, 1.165) is 0 Å². The van der Waals surface area contributed by atoms with Crippen LogP contribution in [0.1, 0.15) is 6.92 Å². The minimum absolute atomic E-state index is 0.175. The number of hydrogen-bond donors (Lipinski definition) is 2. The lowest BCUT2D eigenvalue weighted by Crippen LogP contribution is -2.24. The number of phenols is 1. The summed E-state index contributed by atoms with van der Waals surface area (Å²) in [5.74, 6) is 0.726. The van der Waals surface area contributed by atoms with Gasteiger partial charge in [0, 0.05) is 6.61 Å². The summed E-state index contributed by atoms with van der Waals surface area (Å²) in [5.41, 5.74) is 0. The third kappa shape index (κ3) is 3.24. The third-order valence-corrected chi connectivity index (χ3v) is 1.61. The van der Waals surface area contributed by atoms with Gasteiger partial charge in [0.15, 0.2) is 0 Å². The molecule has 0 fully saturated rings. The average molecular weight is 198 g/mol. The maximum absolute atomic E-state index is 9.02. The maximum atomic E-state index is 9.02. The van der Waals surface area contributed by atoms with Crippen LogP contribution in [0.4, 0.5) is 0 Å². The van der Waals surface area contributed by atoms with Crippen LogP contribution in [0.3, 0.4) is 0 Å². The molecule has 1 unspecified atom stereocenters. The quantitative estimate of drug-likeness (QED) is 0.696. The van der Waals surface area contributed by atoms with Gasteiger partial charge < -0.3 is 19.7 Å². The molecule has 0 radical (unpaired) electrons. The van der Waals surface area contributed by atoms with Crippen molar-refractivity contribution < 1.29 is 19.7 Å². The van der Waals surface area contributed by atoms with Gasteiger partial charge in [-0.2, -0.15) is 0 Å². The van der Waals surface area contributed by atoms with Crippen LogP contribution in [0, 0.1) is 0 Å². The first-order chi connectivity index (χ1) is 6.76. The summed E-state index contributed by atoms with van der Waals surface area (Å²) in [6, 6.07) is 6.24. The molecule has 0 aliphatic rings. The monoisotopic (exact) mass is 198 g/mol. The number of aliphatic hydroxyl groups excluding tert-OH is 1. The zero-order valence-electron chi connectivity index (χ0n) is 8.01.